The van der Waals surface area contributed by atoms with Gasteiger partial charge in [-0.15, -0.1) is 0 Å². The van der Waals surface area contributed by atoms with Gasteiger partial charge in [-0.3, -0.25) is 4.79 Å². The lowest BCUT2D eigenvalue weighted by Crippen LogP contribution is -2.36. The third-order valence-corrected chi connectivity index (χ3v) is 6.88. The van der Waals surface area contributed by atoms with Crippen molar-refractivity contribution >= 4 is 40.6 Å². The number of benzene rings is 3. The van der Waals surface area contributed by atoms with Crippen LogP contribution in [-0.2, 0) is 6.54 Å². The van der Waals surface area contributed by atoms with Crippen LogP contribution >= 0.6 is 23.2 Å². The Hall–Kier alpha value is -3.49. The van der Waals surface area contributed by atoms with Crippen molar-refractivity contribution in [2.24, 2.45) is 0 Å². The molecule has 0 unspecified atom stereocenters. The first-order chi connectivity index (χ1) is 17.7. The molecule has 190 valence electrons. The highest BCUT2D eigenvalue weighted by Gasteiger charge is 2.48. The third-order valence-electron chi connectivity index (χ3n) is 6.27. The minimum atomic E-state index is -4.61. The average Bonchev–Trinajstić information content (AvgIpc) is 3.23. The molecule has 0 aliphatic carbocycles. The van der Waals surface area contributed by atoms with Crippen molar-refractivity contribution < 1.29 is 18.0 Å². The Morgan fingerprint density at radius 1 is 0.973 bits per heavy atom. The number of carbonyl (C=O) groups is 1. The molecule has 0 fully saturated rings. The van der Waals surface area contributed by atoms with E-state index in [-0.39, 0.29) is 29.5 Å². The summed E-state index contributed by atoms with van der Waals surface area (Å²) >= 11 is 12.5. The number of fused-ring (bicyclic) bond motifs is 1. The summed E-state index contributed by atoms with van der Waals surface area (Å²) < 4.78 is 43.3. The molecule has 5 rings (SSSR count). The smallest absolute Gasteiger partial charge is 0.362 e. The van der Waals surface area contributed by atoms with Gasteiger partial charge in [0.05, 0.1) is 12.6 Å². The maximum absolute atomic E-state index is 14.2. The molecule has 2 atom stereocenters. The van der Waals surface area contributed by atoms with E-state index in [0.717, 1.165) is 10.2 Å². The zero-order valence-corrected chi connectivity index (χ0v) is 20.8. The minimum absolute atomic E-state index is 0.0498. The maximum atomic E-state index is 14.2. The van der Waals surface area contributed by atoms with Crippen LogP contribution in [0.5, 0.6) is 0 Å². The lowest BCUT2D eigenvalue weighted by molar-refractivity contribution is -0.173. The fraction of sp³-hybridized carbons (Fsp3) is 0.185. The molecular weight excluding hydrogens is 524 g/mol. The van der Waals surface area contributed by atoms with Crippen molar-refractivity contribution in [3.8, 4) is 0 Å². The first-order valence-corrected chi connectivity index (χ1v) is 12.3. The SMILES string of the molecule is O=C(c1nn2c(c1Cl)N[C@@H](c1ccc(Cl)cc1)C[C@H]2C(F)(F)F)N(Cc1ccccc1)c1ccccc1. The van der Waals surface area contributed by atoms with E-state index in [1.54, 1.807) is 48.5 Å². The lowest BCUT2D eigenvalue weighted by Gasteiger charge is -2.33. The molecule has 0 spiro atoms. The summed E-state index contributed by atoms with van der Waals surface area (Å²) in [4.78, 5) is 15.2. The monoisotopic (exact) mass is 544 g/mol. The molecule has 1 aliphatic rings. The minimum Gasteiger partial charge on any atom is -0.362 e. The van der Waals surface area contributed by atoms with Crippen LogP contribution in [0.4, 0.5) is 24.7 Å². The van der Waals surface area contributed by atoms with E-state index >= 15 is 0 Å². The van der Waals surface area contributed by atoms with Gasteiger partial charge in [0.25, 0.3) is 5.91 Å². The van der Waals surface area contributed by atoms with Gasteiger partial charge in [-0.25, -0.2) is 4.68 Å². The molecule has 1 aliphatic heterocycles. The second-order valence-electron chi connectivity index (χ2n) is 8.71. The molecule has 5 nitrogen and oxygen atoms in total. The molecule has 0 saturated carbocycles. The van der Waals surface area contributed by atoms with E-state index < -0.39 is 24.2 Å². The fourth-order valence-corrected chi connectivity index (χ4v) is 4.81. The van der Waals surface area contributed by atoms with Crippen molar-refractivity contribution in [3.63, 3.8) is 0 Å². The van der Waals surface area contributed by atoms with Gasteiger partial charge < -0.3 is 10.2 Å². The summed E-state index contributed by atoms with van der Waals surface area (Å²) in [5, 5.41) is 7.49. The number of nitrogens with zero attached hydrogens (tertiary/aromatic N) is 3. The maximum Gasteiger partial charge on any atom is 0.410 e. The summed E-state index contributed by atoms with van der Waals surface area (Å²) in [6, 6.07) is 22.0. The number of rotatable bonds is 5. The van der Waals surface area contributed by atoms with Crippen LogP contribution in [0, 0.1) is 0 Å². The predicted molar refractivity (Wildman–Crippen MR) is 138 cm³/mol. The lowest BCUT2D eigenvalue weighted by atomic mass is 9.97. The van der Waals surface area contributed by atoms with Crippen LogP contribution in [0.3, 0.4) is 0 Å². The van der Waals surface area contributed by atoms with E-state index in [0.29, 0.717) is 16.3 Å². The predicted octanol–water partition coefficient (Wildman–Crippen LogP) is 7.70. The third kappa shape index (κ3) is 5.17. The molecular formula is C27H21Cl2F3N4O. The van der Waals surface area contributed by atoms with Gasteiger partial charge in [-0.05, 0) is 35.4 Å². The fourth-order valence-electron chi connectivity index (χ4n) is 4.42. The van der Waals surface area contributed by atoms with Crippen LogP contribution in [-0.4, -0.2) is 21.9 Å². The molecule has 2 heterocycles. The molecule has 4 aromatic rings. The number of hydrogen-bond acceptors (Lipinski definition) is 3. The summed E-state index contributed by atoms with van der Waals surface area (Å²) in [7, 11) is 0. The van der Waals surface area contributed by atoms with E-state index in [1.807, 2.05) is 36.4 Å². The number of aromatic nitrogens is 2. The second-order valence-corrected chi connectivity index (χ2v) is 9.52. The van der Waals surface area contributed by atoms with Crippen molar-refractivity contribution in [2.45, 2.75) is 31.2 Å². The van der Waals surface area contributed by atoms with Crippen molar-refractivity contribution in [1.29, 1.82) is 0 Å². The Labute approximate surface area is 221 Å². The van der Waals surface area contributed by atoms with Gasteiger partial charge in [-0.1, -0.05) is 83.9 Å². The van der Waals surface area contributed by atoms with Crippen LogP contribution in [0.15, 0.2) is 84.9 Å². The number of amides is 1. The zero-order valence-electron chi connectivity index (χ0n) is 19.3. The number of nitrogens with one attached hydrogen (secondary N) is 1. The summed E-state index contributed by atoms with van der Waals surface area (Å²) in [5.74, 6) is -0.654. The number of hydrogen-bond donors (Lipinski definition) is 1. The topological polar surface area (TPSA) is 50.2 Å². The highest BCUT2D eigenvalue weighted by Crippen LogP contribution is 2.46. The first-order valence-electron chi connectivity index (χ1n) is 11.5. The number of anilines is 2. The van der Waals surface area contributed by atoms with Crippen LogP contribution in [0.1, 0.15) is 40.1 Å². The molecule has 0 bridgehead atoms. The van der Waals surface area contributed by atoms with Gasteiger partial charge in [-0.2, -0.15) is 18.3 Å². The second kappa shape index (κ2) is 10.1. The van der Waals surface area contributed by atoms with Gasteiger partial charge in [0.1, 0.15) is 10.8 Å². The molecule has 0 saturated heterocycles. The summed E-state index contributed by atoms with van der Waals surface area (Å²) in [5.41, 5.74) is 1.77. The van der Waals surface area contributed by atoms with Gasteiger partial charge in [0.15, 0.2) is 11.7 Å². The van der Waals surface area contributed by atoms with Crippen molar-refractivity contribution in [2.75, 3.05) is 10.2 Å². The number of para-hydroxylation sites is 1. The van der Waals surface area contributed by atoms with Crippen LogP contribution < -0.4 is 10.2 Å². The van der Waals surface area contributed by atoms with E-state index in [2.05, 4.69) is 10.4 Å². The Morgan fingerprint density at radius 2 is 1.59 bits per heavy atom. The largest absolute Gasteiger partial charge is 0.410 e. The Balaban J connectivity index is 1.55. The Kier molecular flexibility index (Phi) is 6.88. The first kappa shape index (κ1) is 25.2. The van der Waals surface area contributed by atoms with Crippen LogP contribution in [0.25, 0.3) is 0 Å². The zero-order chi connectivity index (χ0) is 26.2. The highest BCUT2D eigenvalue weighted by molar-refractivity contribution is 6.36. The van der Waals surface area contributed by atoms with Gasteiger partial charge in [0.2, 0.25) is 0 Å². The van der Waals surface area contributed by atoms with Crippen molar-refractivity contribution in [1.82, 2.24) is 9.78 Å². The standard InChI is InChI=1S/C27H21Cl2F3N4O/c28-19-13-11-18(12-14-19)21-15-22(27(30,31)32)36-25(33-21)23(29)24(34-36)26(37)35(20-9-5-2-6-10-20)16-17-7-3-1-4-8-17/h1-14,21-22,33H,15-16H2/t21-,22+/m1/s1. The van der Waals surface area contributed by atoms with Gasteiger partial charge in [0, 0.05) is 17.1 Å². The van der Waals surface area contributed by atoms with E-state index in [9.17, 15) is 18.0 Å². The van der Waals surface area contributed by atoms with E-state index in [1.165, 1.54) is 4.90 Å². The Morgan fingerprint density at radius 3 is 2.22 bits per heavy atom. The van der Waals surface area contributed by atoms with E-state index in [4.69, 9.17) is 23.2 Å². The molecule has 1 N–H and O–H groups in total. The van der Waals surface area contributed by atoms with Crippen molar-refractivity contribution in [3.05, 3.63) is 112 Å². The number of carbonyl (C=O) groups excluding carboxylic acids is 1. The molecule has 3 aromatic carbocycles. The quantitative estimate of drug-likeness (QED) is 0.280. The number of halogens is 5. The molecule has 0 radical (unpaired) electrons. The molecule has 37 heavy (non-hydrogen) atoms. The average molecular weight is 545 g/mol. The summed E-state index contributed by atoms with van der Waals surface area (Å²) in [6.45, 7) is 0.186. The van der Waals surface area contributed by atoms with Gasteiger partial charge >= 0.3 is 6.18 Å². The Bertz CT molecular complexity index is 1390. The molecule has 1 aromatic heterocycles. The normalized spacial score (nSPS) is 17.1. The highest BCUT2D eigenvalue weighted by atomic mass is 35.5. The molecule has 1 amide bonds. The number of alkyl halides is 3. The summed E-state index contributed by atoms with van der Waals surface area (Å²) in [6.07, 6.45) is -4.93. The van der Waals surface area contributed by atoms with Crippen LogP contribution in [0.2, 0.25) is 10.0 Å². The molecule has 10 heteroatoms.